The van der Waals surface area contributed by atoms with E-state index < -0.39 is 17.3 Å². The molecule has 1 heterocycles. The highest BCUT2D eigenvalue weighted by Gasteiger charge is 2.46. The lowest BCUT2D eigenvalue weighted by Gasteiger charge is -2.31. The third-order valence-electron chi connectivity index (χ3n) is 2.59. The molecule has 1 saturated heterocycles. The Morgan fingerprint density at radius 2 is 2.00 bits per heavy atom. The van der Waals surface area contributed by atoms with Crippen molar-refractivity contribution in [3.8, 4) is 0 Å². The first-order valence-corrected chi connectivity index (χ1v) is 4.81. The van der Waals surface area contributed by atoms with E-state index in [2.05, 4.69) is 5.32 Å². The summed E-state index contributed by atoms with van der Waals surface area (Å²) in [4.78, 5) is 22.9. The fraction of sp³-hybridized carbons (Fsp3) is 0.778. The van der Waals surface area contributed by atoms with Gasteiger partial charge in [0.2, 0.25) is 5.91 Å². The molecule has 80 valence electrons. The number of carbonyl (C=O) groups excluding carboxylic acids is 2. The van der Waals surface area contributed by atoms with Crippen molar-refractivity contribution < 1.29 is 14.3 Å². The number of amides is 1. The van der Waals surface area contributed by atoms with Crippen LogP contribution in [-0.4, -0.2) is 31.6 Å². The molecule has 1 aliphatic heterocycles. The molecule has 1 fully saturated rings. The summed E-state index contributed by atoms with van der Waals surface area (Å²) in [5.74, 6) is -1.05. The molecule has 0 radical (unpaired) electrons. The van der Waals surface area contributed by atoms with Crippen LogP contribution in [0, 0.1) is 5.41 Å². The van der Waals surface area contributed by atoms with Crippen molar-refractivity contribution in [3.05, 3.63) is 0 Å². The Balaban J connectivity index is 2.80. The highest BCUT2D eigenvalue weighted by molar-refractivity contribution is 6.02. The van der Waals surface area contributed by atoms with Crippen LogP contribution >= 0.6 is 0 Å². The van der Waals surface area contributed by atoms with Gasteiger partial charge in [0.25, 0.3) is 0 Å². The van der Waals surface area contributed by atoms with Crippen molar-refractivity contribution in [1.82, 2.24) is 5.32 Å². The van der Waals surface area contributed by atoms with E-state index in [0.717, 1.165) is 0 Å². The molecule has 0 spiro atoms. The lowest BCUT2D eigenvalue weighted by Crippen LogP contribution is -2.51. The molecule has 14 heavy (non-hydrogen) atoms. The Morgan fingerprint density at radius 3 is 2.43 bits per heavy atom. The Kier molecular flexibility index (Phi) is 3.46. The van der Waals surface area contributed by atoms with Gasteiger partial charge in [0.15, 0.2) is 0 Å². The average Bonchev–Trinajstić information content (AvgIpc) is 2.19. The van der Waals surface area contributed by atoms with Gasteiger partial charge in [-0.1, -0.05) is 0 Å². The van der Waals surface area contributed by atoms with Crippen molar-refractivity contribution in [2.24, 2.45) is 11.1 Å². The van der Waals surface area contributed by atoms with E-state index in [1.807, 2.05) is 0 Å². The summed E-state index contributed by atoms with van der Waals surface area (Å²) in [7, 11) is 0. The molecule has 5 heteroatoms. The van der Waals surface area contributed by atoms with Crippen molar-refractivity contribution >= 4 is 11.9 Å². The van der Waals surface area contributed by atoms with Crippen molar-refractivity contribution in [3.63, 3.8) is 0 Å². The minimum atomic E-state index is -1.10. The second-order valence-electron chi connectivity index (χ2n) is 3.42. The number of rotatable bonds is 3. The molecule has 0 unspecified atom stereocenters. The highest BCUT2D eigenvalue weighted by Crippen LogP contribution is 2.29. The van der Waals surface area contributed by atoms with Gasteiger partial charge in [0, 0.05) is 0 Å². The predicted octanol–water partition coefficient (Wildman–Crippen LogP) is -0.595. The monoisotopic (exact) mass is 200 g/mol. The Labute approximate surface area is 83.0 Å². The molecule has 0 atom stereocenters. The molecule has 0 aromatic carbocycles. The molecule has 0 bridgehead atoms. The van der Waals surface area contributed by atoms with Crippen LogP contribution in [0.5, 0.6) is 0 Å². The zero-order valence-corrected chi connectivity index (χ0v) is 8.34. The van der Waals surface area contributed by atoms with Crippen molar-refractivity contribution in [2.75, 3.05) is 19.7 Å². The fourth-order valence-corrected chi connectivity index (χ4v) is 1.67. The first-order chi connectivity index (χ1) is 6.63. The zero-order chi connectivity index (χ0) is 10.6. The third-order valence-corrected chi connectivity index (χ3v) is 2.59. The fourth-order valence-electron chi connectivity index (χ4n) is 1.67. The number of hydrogen-bond donors (Lipinski definition) is 2. The molecule has 1 rings (SSSR count). The first-order valence-electron chi connectivity index (χ1n) is 4.81. The van der Waals surface area contributed by atoms with Crippen LogP contribution < -0.4 is 11.1 Å². The van der Waals surface area contributed by atoms with Gasteiger partial charge in [0.1, 0.15) is 5.41 Å². The summed E-state index contributed by atoms with van der Waals surface area (Å²) in [5, 5.41) is 3.08. The molecular weight excluding hydrogens is 184 g/mol. The van der Waals surface area contributed by atoms with Crippen LogP contribution in [0.25, 0.3) is 0 Å². The lowest BCUT2D eigenvalue weighted by molar-refractivity contribution is -0.161. The number of hydrogen-bond acceptors (Lipinski definition) is 4. The molecule has 0 aliphatic carbocycles. The number of primary amides is 1. The first kappa shape index (κ1) is 11.0. The average molecular weight is 200 g/mol. The number of nitrogens with two attached hydrogens (primary N) is 1. The summed E-state index contributed by atoms with van der Waals surface area (Å²) in [6, 6.07) is 0. The van der Waals surface area contributed by atoms with Gasteiger partial charge in [-0.15, -0.1) is 0 Å². The van der Waals surface area contributed by atoms with Gasteiger partial charge in [-0.05, 0) is 32.9 Å². The molecular formula is C9H16N2O3. The predicted molar refractivity (Wildman–Crippen MR) is 50.4 cm³/mol. The molecule has 0 saturated carbocycles. The molecule has 5 nitrogen and oxygen atoms in total. The minimum absolute atomic E-state index is 0.279. The summed E-state index contributed by atoms with van der Waals surface area (Å²) in [6.45, 7) is 3.25. The number of nitrogens with one attached hydrogen (secondary N) is 1. The number of carbonyl (C=O) groups is 2. The quantitative estimate of drug-likeness (QED) is 0.471. The van der Waals surface area contributed by atoms with Gasteiger partial charge >= 0.3 is 5.97 Å². The SMILES string of the molecule is CCOC(=O)C1(C(N)=O)CCNCC1. The normalized spacial score (nSPS) is 20.1. The van der Waals surface area contributed by atoms with Crippen LogP contribution in [0.2, 0.25) is 0 Å². The van der Waals surface area contributed by atoms with Crippen LogP contribution in [0.15, 0.2) is 0 Å². The number of piperidine rings is 1. The maximum atomic E-state index is 11.6. The van der Waals surface area contributed by atoms with Crippen LogP contribution in [0.4, 0.5) is 0 Å². The standard InChI is InChI=1S/C9H16N2O3/c1-2-14-8(13)9(7(10)12)3-5-11-6-4-9/h11H,2-6H2,1H3,(H2,10,12). The summed E-state index contributed by atoms with van der Waals surface area (Å²) < 4.78 is 4.88. The maximum absolute atomic E-state index is 11.6. The minimum Gasteiger partial charge on any atom is -0.465 e. The van der Waals surface area contributed by atoms with E-state index in [1.54, 1.807) is 6.92 Å². The number of esters is 1. The van der Waals surface area contributed by atoms with E-state index in [4.69, 9.17) is 10.5 Å². The highest BCUT2D eigenvalue weighted by atomic mass is 16.5. The molecule has 1 aliphatic rings. The van der Waals surface area contributed by atoms with E-state index in [1.165, 1.54) is 0 Å². The topological polar surface area (TPSA) is 81.4 Å². The summed E-state index contributed by atoms with van der Waals surface area (Å²) in [5.41, 5.74) is 4.17. The molecule has 1 amide bonds. The molecule has 3 N–H and O–H groups in total. The second-order valence-corrected chi connectivity index (χ2v) is 3.42. The van der Waals surface area contributed by atoms with Crippen molar-refractivity contribution in [1.29, 1.82) is 0 Å². The Hall–Kier alpha value is -1.10. The van der Waals surface area contributed by atoms with Crippen LogP contribution in [0.3, 0.4) is 0 Å². The van der Waals surface area contributed by atoms with E-state index >= 15 is 0 Å². The summed E-state index contributed by atoms with van der Waals surface area (Å²) in [6.07, 6.45) is 0.863. The van der Waals surface area contributed by atoms with Crippen LogP contribution in [-0.2, 0) is 14.3 Å². The second kappa shape index (κ2) is 4.41. The lowest BCUT2D eigenvalue weighted by atomic mass is 9.78. The molecule has 0 aromatic heterocycles. The number of ether oxygens (including phenoxy) is 1. The summed E-state index contributed by atoms with van der Waals surface area (Å²) >= 11 is 0. The van der Waals surface area contributed by atoms with Gasteiger partial charge < -0.3 is 15.8 Å². The molecule has 0 aromatic rings. The smallest absolute Gasteiger partial charge is 0.321 e. The third kappa shape index (κ3) is 1.87. The van der Waals surface area contributed by atoms with E-state index in [0.29, 0.717) is 25.9 Å². The van der Waals surface area contributed by atoms with Crippen LogP contribution in [0.1, 0.15) is 19.8 Å². The van der Waals surface area contributed by atoms with Gasteiger partial charge in [0.05, 0.1) is 6.61 Å². The van der Waals surface area contributed by atoms with Gasteiger partial charge in [-0.3, -0.25) is 9.59 Å². The van der Waals surface area contributed by atoms with E-state index in [-0.39, 0.29) is 6.61 Å². The Bertz CT molecular complexity index is 234. The maximum Gasteiger partial charge on any atom is 0.321 e. The largest absolute Gasteiger partial charge is 0.465 e. The van der Waals surface area contributed by atoms with Gasteiger partial charge in [-0.2, -0.15) is 0 Å². The van der Waals surface area contributed by atoms with Gasteiger partial charge in [-0.25, -0.2) is 0 Å². The van der Waals surface area contributed by atoms with Crippen molar-refractivity contribution in [2.45, 2.75) is 19.8 Å². The zero-order valence-electron chi connectivity index (χ0n) is 8.34. The Morgan fingerprint density at radius 1 is 1.43 bits per heavy atom. The van der Waals surface area contributed by atoms with E-state index in [9.17, 15) is 9.59 Å².